The average molecular weight is 225 g/mol. The minimum absolute atomic E-state index is 0.652. The van der Waals surface area contributed by atoms with Crippen molar-refractivity contribution in [3.05, 3.63) is 22.4 Å². The molecular formula is C13H23NS. The van der Waals surface area contributed by atoms with Gasteiger partial charge in [-0.15, -0.1) is 11.3 Å². The van der Waals surface area contributed by atoms with E-state index in [0.29, 0.717) is 5.92 Å². The third kappa shape index (κ3) is 4.35. The second-order valence-electron chi connectivity index (χ2n) is 4.26. The van der Waals surface area contributed by atoms with Gasteiger partial charge >= 0.3 is 0 Å². The summed E-state index contributed by atoms with van der Waals surface area (Å²) in [7, 11) is 0. The van der Waals surface area contributed by atoms with Gasteiger partial charge in [0, 0.05) is 17.3 Å². The summed E-state index contributed by atoms with van der Waals surface area (Å²) in [5, 5.41) is 5.74. The molecule has 0 aliphatic heterocycles. The molecule has 0 saturated heterocycles. The smallest absolute Gasteiger partial charge is 0.00860 e. The largest absolute Gasteiger partial charge is 0.316 e. The van der Waals surface area contributed by atoms with Crippen molar-refractivity contribution < 1.29 is 0 Å². The van der Waals surface area contributed by atoms with E-state index in [2.05, 4.69) is 43.6 Å². The highest BCUT2D eigenvalue weighted by Crippen LogP contribution is 2.19. The van der Waals surface area contributed by atoms with Gasteiger partial charge in [-0.3, -0.25) is 0 Å². The Morgan fingerprint density at radius 2 is 2.00 bits per heavy atom. The zero-order valence-corrected chi connectivity index (χ0v) is 10.9. The fourth-order valence-electron chi connectivity index (χ4n) is 1.75. The monoisotopic (exact) mass is 225 g/mol. The van der Waals surface area contributed by atoms with Gasteiger partial charge in [-0.05, 0) is 23.9 Å². The van der Waals surface area contributed by atoms with Gasteiger partial charge in [0.25, 0.3) is 0 Å². The van der Waals surface area contributed by atoms with E-state index in [1.54, 1.807) is 0 Å². The summed E-state index contributed by atoms with van der Waals surface area (Å²) in [5.41, 5.74) is 0. The van der Waals surface area contributed by atoms with E-state index in [0.717, 1.165) is 12.5 Å². The summed E-state index contributed by atoms with van der Waals surface area (Å²) >= 11 is 1.86. The van der Waals surface area contributed by atoms with Crippen molar-refractivity contribution in [3.63, 3.8) is 0 Å². The maximum atomic E-state index is 3.58. The molecule has 1 rings (SSSR count). The lowest BCUT2D eigenvalue weighted by Crippen LogP contribution is -2.25. The predicted octanol–water partition coefficient (Wildman–Crippen LogP) is 3.88. The summed E-state index contributed by atoms with van der Waals surface area (Å²) in [5.74, 6) is 1.50. The SMILES string of the molecule is CCC(CC)CNCC(C)c1cccs1. The first-order valence-corrected chi connectivity index (χ1v) is 6.90. The minimum Gasteiger partial charge on any atom is -0.316 e. The van der Waals surface area contributed by atoms with Gasteiger partial charge in [0.2, 0.25) is 0 Å². The zero-order valence-electron chi connectivity index (χ0n) is 10.1. The predicted molar refractivity (Wildman–Crippen MR) is 69.7 cm³/mol. The molecule has 0 saturated carbocycles. The quantitative estimate of drug-likeness (QED) is 0.742. The molecule has 0 spiro atoms. The van der Waals surface area contributed by atoms with Crippen LogP contribution in [0.15, 0.2) is 17.5 Å². The van der Waals surface area contributed by atoms with Crippen molar-refractivity contribution >= 4 is 11.3 Å². The average Bonchev–Trinajstić information content (AvgIpc) is 2.77. The van der Waals surface area contributed by atoms with E-state index in [1.165, 1.54) is 24.3 Å². The molecule has 0 aliphatic carbocycles. The van der Waals surface area contributed by atoms with Crippen LogP contribution in [0.5, 0.6) is 0 Å². The number of rotatable bonds is 7. The maximum Gasteiger partial charge on any atom is 0.00860 e. The van der Waals surface area contributed by atoms with E-state index in [9.17, 15) is 0 Å². The Morgan fingerprint density at radius 1 is 1.27 bits per heavy atom. The Labute approximate surface area is 97.9 Å². The van der Waals surface area contributed by atoms with Crippen LogP contribution in [0.4, 0.5) is 0 Å². The van der Waals surface area contributed by atoms with Gasteiger partial charge < -0.3 is 5.32 Å². The highest BCUT2D eigenvalue weighted by atomic mass is 32.1. The van der Waals surface area contributed by atoms with Crippen molar-refractivity contribution in [3.8, 4) is 0 Å². The summed E-state index contributed by atoms with van der Waals surface area (Å²) in [4.78, 5) is 1.49. The van der Waals surface area contributed by atoms with Crippen LogP contribution >= 0.6 is 11.3 Å². The topological polar surface area (TPSA) is 12.0 Å². The van der Waals surface area contributed by atoms with Crippen LogP contribution in [0.3, 0.4) is 0 Å². The summed E-state index contributed by atoms with van der Waals surface area (Å²) < 4.78 is 0. The number of thiophene rings is 1. The van der Waals surface area contributed by atoms with Crippen molar-refractivity contribution in [1.82, 2.24) is 5.32 Å². The van der Waals surface area contributed by atoms with Crippen LogP contribution in [0.2, 0.25) is 0 Å². The van der Waals surface area contributed by atoms with Gasteiger partial charge in [0.15, 0.2) is 0 Å². The van der Waals surface area contributed by atoms with E-state index < -0.39 is 0 Å². The molecule has 0 aliphatic rings. The third-order valence-corrected chi connectivity index (χ3v) is 4.17. The molecule has 1 aromatic rings. The molecule has 1 nitrogen and oxygen atoms in total. The fourth-order valence-corrected chi connectivity index (χ4v) is 2.54. The molecule has 1 heterocycles. The van der Waals surface area contributed by atoms with Crippen molar-refractivity contribution in [1.29, 1.82) is 0 Å². The second-order valence-corrected chi connectivity index (χ2v) is 5.24. The highest BCUT2D eigenvalue weighted by molar-refractivity contribution is 7.10. The normalized spacial score (nSPS) is 13.3. The standard InChI is InChI=1S/C13H23NS/c1-4-12(5-2)10-14-9-11(3)13-7-6-8-15-13/h6-8,11-12,14H,4-5,9-10H2,1-3H3. The fraction of sp³-hybridized carbons (Fsp3) is 0.692. The van der Waals surface area contributed by atoms with Crippen LogP contribution in [0.25, 0.3) is 0 Å². The summed E-state index contributed by atoms with van der Waals surface area (Å²) in [6, 6.07) is 4.37. The van der Waals surface area contributed by atoms with Crippen molar-refractivity contribution in [2.45, 2.75) is 39.5 Å². The van der Waals surface area contributed by atoms with E-state index in [-0.39, 0.29) is 0 Å². The number of hydrogen-bond acceptors (Lipinski definition) is 2. The molecule has 2 heteroatoms. The van der Waals surface area contributed by atoms with Crippen LogP contribution < -0.4 is 5.32 Å². The first kappa shape index (κ1) is 12.7. The molecule has 1 unspecified atom stereocenters. The molecule has 0 aromatic carbocycles. The van der Waals surface area contributed by atoms with Crippen molar-refractivity contribution in [2.24, 2.45) is 5.92 Å². The Balaban J connectivity index is 2.20. The molecule has 0 fully saturated rings. The molecule has 86 valence electrons. The van der Waals surface area contributed by atoms with Gasteiger partial charge in [0.05, 0.1) is 0 Å². The minimum atomic E-state index is 0.652. The molecule has 0 amide bonds. The summed E-state index contributed by atoms with van der Waals surface area (Å²) in [6.07, 6.45) is 2.58. The lowest BCUT2D eigenvalue weighted by molar-refractivity contribution is 0.443. The van der Waals surface area contributed by atoms with Crippen LogP contribution in [0, 0.1) is 5.92 Å². The molecule has 1 N–H and O–H groups in total. The van der Waals surface area contributed by atoms with Gasteiger partial charge in [-0.2, -0.15) is 0 Å². The molecular weight excluding hydrogens is 202 g/mol. The first-order valence-electron chi connectivity index (χ1n) is 6.02. The zero-order chi connectivity index (χ0) is 11.1. The second kappa shape index (κ2) is 7.02. The molecule has 1 atom stereocenters. The van der Waals surface area contributed by atoms with Crippen LogP contribution in [0.1, 0.15) is 44.4 Å². The van der Waals surface area contributed by atoms with E-state index >= 15 is 0 Å². The van der Waals surface area contributed by atoms with Crippen LogP contribution in [-0.4, -0.2) is 13.1 Å². The van der Waals surface area contributed by atoms with E-state index in [4.69, 9.17) is 0 Å². The van der Waals surface area contributed by atoms with Gasteiger partial charge in [0.1, 0.15) is 0 Å². The number of nitrogens with one attached hydrogen (secondary N) is 1. The molecule has 0 bridgehead atoms. The Kier molecular flexibility index (Phi) is 5.96. The van der Waals surface area contributed by atoms with Crippen LogP contribution in [-0.2, 0) is 0 Å². The highest BCUT2D eigenvalue weighted by Gasteiger charge is 2.07. The Hall–Kier alpha value is -0.340. The van der Waals surface area contributed by atoms with Gasteiger partial charge in [-0.1, -0.05) is 39.7 Å². The summed E-state index contributed by atoms with van der Waals surface area (Å²) in [6.45, 7) is 9.13. The molecule has 0 radical (unpaired) electrons. The maximum absolute atomic E-state index is 3.58. The lowest BCUT2D eigenvalue weighted by atomic mass is 10.0. The molecule has 1 aromatic heterocycles. The van der Waals surface area contributed by atoms with Crippen molar-refractivity contribution in [2.75, 3.05) is 13.1 Å². The van der Waals surface area contributed by atoms with Gasteiger partial charge in [-0.25, -0.2) is 0 Å². The molecule has 15 heavy (non-hydrogen) atoms. The lowest BCUT2D eigenvalue weighted by Gasteiger charge is -2.15. The first-order chi connectivity index (χ1) is 7.27. The Morgan fingerprint density at radius 3 is 2.53 bits per heavy atom. The van der Waals surface area contributed by atoms with E-state index in [1.807, 2.05) is 11.3 Å². The third-order valence-electron chi connectivity index (χ3n) is 3.07. The number of hydrogen-bond donors (Lipinski definition) is 1. The Bertz CT molecular complexity index is 239.